The van der Waals surface area contributed by atoms with E-state index in [-0.39, 0.29) is 21.8 Å². The van der Waals surface area contributed by atoms with E-state index in [1.54, 1.807) is 0 Å². The Balaban J connectivity index is 2.46. The first-order chi connectivity index (χ1) is 9.49. The number of non-ortho nitro benzene ring substituents is 1. The third-order valence-electron chi connectivity index (χ3n) is 2.27. The summed E-state index contributed by atoms with van der Waals surface area (Å²) >= 11 is 4.82. The number of phenolic OH excluding ortho intramolecular Hbond substituents is 1. The number of aromatic nitrogens is 3. The van der Waals surface area contributed by atoms with Crippen LogP contribution in [0.4, 0.5) is 5.69 Å². The molecule has 1 heterocycles. The van der Waals surface area contributed by atoms with Crippen molar-refractivity contribution in [2.24, 2.45) is 5.10 Å². The highest BCUT2D eigenvalue weighted by Crippen LogP contribution is 2.21. The van der Waals surface area contributed by atoms with E-state index in [4.69, 9.17) is 12.2 Å². The molecule has 0 aliphatic carbocycles. The fourth-order valence-electron chi connectivity index (χ4n) is 1.33. The highest BCUT2D eigenvalue weighted by atomic mass is 32.1. The van der Waals surface area contributed by atoms with Crippen LogP contribution in [-0.2, 0) is 0 Å². The average molecular weight is 293 g/mol. The SMILES string of the molecule is O=c1cn[nH]c(=S)n1/N=C/c1cc([N+](=O)[O-])ccc1O. The fourth-order valence-corrected chi connectivity index (χ4v) is 1.52. The molecular weight excluding hydrogens is 286 g/mol. The van der Waals surface area contributed by atoms with Crippen molar-refractivity contribution in [3.63, 3.8) is 0 Å². The van der Waals surface area contributed by atoms with Gasteiger partial charge in [-0.2, -0.15) is 14.9 Å². The molecule has 0 aliphatic heterocycles. The van der Waals surface area contributed by atoms with Gasteiger partial charge in [0.15, 0.2) is 0 Å². The van der Waals surface area contributed by atoms with Gasteiger partial charge in [-0.1, -0.05) is 0 Å². The molecule has 0 amide bonds. The minimum absolute atomic E-state index is 0.0429. The third kappa shape index (κ3) is 2.75. The van der Waals surface area contributed by atoms with Gasteiger partial charge in [0.2, 0.25) is 4.77 Å². The van der Waals surface area contributed by atoms with Crippen LogP contribution in [0.1, 0.15) is 5.56 Å². The van der Waals surface area contributed by atoms with Gasteiger partial charge in [-0.05, 0) is 18.3 Å². The first kappa shape index (κ1) is 13.5. The number of hydrogen-bond donors (Lipinski definition) is 2. The van der Waals surface area contributed by atoms with E-state index in [1.807, 2.05) is 0 Å². The highest BCUT2D eigenvalue weighted by Gasteiger charge is 2.08. The van der Waals surface area contributed by atoms with Crippen molar-refractivity contribution < 1.29 is 10.0 Å². The second kappa shape index (κ2) is 5.40. The van der Waals surface area contributed by atoms with E-state index < -0.39 is 10.5 Å². The number of aromatic hydroxyl groups is 1. The van der Waals surface area contributed by atoms with E-state index in [9.17, 15) is 20.0 Å². The first-order valence-corrected chi connectivity index (χ1v) is 5.58. The molecule has 0 atom stereocenters. The van der Waals surface area contributed by atoms with Crippen LogP contribution in [0.3, 0.4) is 0 Å². The predicted molar refractivity (Wildman–Crippen MR) is 71.4 cm³/mol. The van der Waals surface area contributed by atoms with Gasteiger partial charge in [0.05, 0.1) is 11.1 Å². The van der Waals surface area contributed by atoms with Crippen molar-refractivity contribution in [3.8, 4) is 5.75 Å². The summed E-state index contributed by atoms with van der Waals surface area (Å²) in [6.07, 6.45) is 2.06. The molecule has 2 N–H and O–H groups in total. The van der Waals surface area contributed by atoms with Gasteiger partial charge < -0.3 is 5.11 Å². The minimum atomic E-state index is -0.609. The van der Waals surface area contributed by atoms with E-state index in [2.05, 4.69) is 15.3 Å². The van der Waals surface area contributed by atoms with E-state index >= 15 is 0 Å². The largest absolute Gasteiger partial charge is 0.507 e. The van der Waals surface area contributed by atoms with Gasteiger partial charge in [-0.3, -0.25) is 20.0 Å². The number of hydrogen-bond acceptors (Lipinski definition) is 7. The van der Waals surface area contributed by atoms with Gasteiger partial charge in [-0.25, -0.2) is 0 Å². The minimum Gasteiger partial charge on any atom is -0.507 e. The van der Waals surface area contributed by atoms with E-state index in [0.717, 1.165) is 35.3 Å². The number of phenols is 1. The smallest absolute Gasteiger partial charge is 0.293 e. The van der Waals surface area contributed by atoms with Crippen molar-refractivity contribution in [2.75, 3.05) is 0 Å². The fraction of sp³-hybridized carbons (Fsp3) is 0. The van der Waals surface area contributed by atoms with E-state index in [1.165, 1.54) is 0 Å². The maximum absolute atomic E-state index is 11.5. The Kier molecular flexibility index (Phi) is 3.66. The second-order valence-electron chi connectivity index (χ2n) is 3.57. The maximum atomic E-state index is 11.5. The van der Waals surface area contributed by atoms with Crippen LogP contribution in [0.2, 0.25) is 0 Å². The Morgan fingerprint density at radius 2 is 2.30 bits per heavy atom. The summed E-state index contributed by atoms with van der Waals surface area (Å²) < 4.78 is 0.791. The predicted octanol–water partition coefficient (Wildman–Crippen LogP) is 0.797. The highest BCUT2D eigenvalue weighted by molar-refractivity contribution is 7.71. The Morgan fingerprint density at radius 1 is 1.55 bits per heavy atom. The van der Waals surface area contributed by atoms with Gasteiger partial charge in [-0.15, -0.1) is 0 Å². The molecule has 2 rings (SSSR count). The van der Waals surface area contributed by atoms with Crippen molar-refractivity contribution in [1.29, 1.82) is 0 Å². The summed E-state index contributed by atoms with van der Waals surface area (Å²) in [5.41, 5.74) is -0.705. The zero-order chi connectivity index (χ0) is 14.7. The van der Waals surface area contributed by atoms with Crippen LogP contribution < -0.4 is 5.56 Å². The van der Waals surface area contributed by atoms with Crippen LogP contribution in [0.5, 0.6) is 5.75 Å². The number of aromatic amines is 1. The third-order valence-corrected chi connectivity index (χ3v) is 2.53. The number of nitro benzene ring substituents is 1. The molecule has 20 heavy (non-hydrogen) atoms. The number of nitro groups is 1. The number of benzene rings is 1. The zero-order valence-corrected chi connectivity index (χ0v) is 10.6. The van der Waals surface area contributed by atoms with Crippen molar-refractivity contribution in [2.45, 2.75) is 0 Å². The summed E-state index contributed by atoms with van der Waals surface area (Å²) in [7, 11) is 0. The van der Waals surface area contributed by atoms with Gasteiger partial charge in [0.25, 0.3) is 11.2 Å². The number of nitrogens with one attached hydrogen (secondary N) is 1. The van der Waals surface area contributed by atoms with Crippen LogP contribution in [0.25, 0.3) is 0 Å². The summed E-state index contributed by atoms with van der Waals surface area (Å²) in [6, 6.07) is 3.44. The lowest BCUT2D eigenvalue weighted by atomic mass is 10.2. The van der Waals surface area contributed by atoms with Gasteiger partial charge >= 0.3 is 0 Å². The number of nitrogens with zero attached hydrogens (tertiary/aromatic N) is 4. The molecule has 0 saturated heterocycles. The molecule has 0 saturated carbocycles. The lowest BCUT2D eigenvalue weighted by Crippen LogP contribution is -2.18. The molecule has 10 heteroatoms. The zero-order valence-electron chi connectivity index (χ0n) is 9.76. The summed E-state index contributed by atoms with van der Waals surface area (Å²) in [4.78, 5) is 21.5. The van der Waals surface area contributed by atoms with Crippen molar-refractivity contribution in [1.82, 2.24) is 14.9 Å². The average Bonchev–Trinajstić information content (AvgIpc) is 2.39. The van der Waals surface area contributed by atoms with Crippen LogP contribution in [0.15, 0.2) is 34.3 Å². The molecule has 9 nitrogen and oxygen atoms in total. The molecule has 0 spiro atoms. The topological polar surface area (TPSA) is 126 Å². The lowest BCUT2D eigenvalue weighted by Gasteiger charge is -1.99. The second-order valence-corrected chi connectivity index (χ2v) is 3.96. The summed E-state index contributed by atoms with van der Waals surface area (Å²) in [5.74, 6) is -0.212. The van der Waals surface area contributed by atoms with Crippen LogP contribution in [0, 0.1) is 14.9 Å². The maximum Gasteiger partial charge on any atom is 0.293 e. The number of rotatable bonds is 3. The first-order valence-electron chi connectivity index (χ1n) is 5.17. The molecule has 0 aliphatic rings. The van der Waals surface area contributed by atoms with E-state index in [0.29, 0.717) is 0 Å². The van der Waals surface area contributed by atoms with Crippen LogP contribution >= 0.6 is 12.2 Å². The Hall–Kier alpha value is -2.88. The van der Waals surface area contributed by atoms with Crippen molar-refractivity contribution >= 4 is 24.1 Å². The quantitative estimate of drug-likeness (QED) is 0.373. The van der Waals surface area contributed by atoms with Crippen LogP contribution in [-0.4, -0.2) is 31.1 Å². The lowest BCUT2D eigenvalue weighted by molar-refractivity contribution is -0.384. The standard InChI is InChI=1S/C10H7N5O4S/c16-8-2-1-7(15(18)19)3-6(8)4-12-14-9(17)5-11-13-10(14)20/h1-5,16H,(H,13,20)/b12-4+. The molecule has 0 unspecified atom stereocenters. The molecular formula is C10H7N5O4S. The summed E-state index contributed by atoms with van der Waals surface area (Å²) in [5, 5.41) is 29.8. The molecule has 0 fully saturated rings. The van der Waals surface area contributed by atoms with Crippen molar-refractivity contribution in [3.05, 3.63) is 55.2 Å². The molecule has 0 bridgehead atoms. The Morgan fingerprint density at radius 3 is 2.95 bits per heavy atom. The Labute approximate surface area is 116 Å². The molecule has 1 aromatic heterocycles. The molecule has 102 valence electrons. The van der Waals surface area contributed by atoms with Gasteiger partial charge in [0, 0.05) is 17.7 Å². The normalized spacial score (nSPS) is 10.8. The molecule has 1 aromatic carbocycles. The molecule has 0 radical (unpaired) electrons. The monoisotopic (exact) mass is 293 g/mol. The Bertz CT molecular complexity index is 782. The number of H-pyrrole nitrogens is 1. The molecule has 2 aromatic rings. The van der Waals surface area contributed by atoms with Gasteiger partial charge in [0.1, 0.15) is 11.9 Å². The summed E-state index contributed by atoms with van der Waals surface area (Å²) in [6.45, 7) is 0.